The molecule has 0 aliphatic rings. The van der Waals surface area contributed by atoms with E-state index in [1.807, 2.05) is 30.3 Å². The fourth-order valence-electron chi connectivity index (χ4n) is 1.90. The van der Waals surface area contributed by atoms with Crippen molar-refractivity contribution in [2.45, 2.75) is 10.1 Å². The first-order chi connectivity index (χ1) is 12.2. The van der Waals surface area contributed by atoms with Crippen LogP contribution in [-0.4, -0.2) is 22.7 Å². The van der Waals surface area contributed by atoms with Gasteiger partial charge in [-0.25, -0.2) is 0 Å². The molecule has 8 heteroatoms. The molecule has 25 heavy (non-hydrogen) atoms. The third kappa shape index (κ3) is 5.84. The Balaban J connectivity index is 1.46. The number of benzene rings is 2. The fourth-order valence-corrected chi connectivity index (χ4v) is 4.00. The van der Waals surface area contributed by atoms with Gasteiger partial charge in [0.15, 0.2) is 10.9 Å². The maximum Gasteiger partial charge on any atom is 0.264 e. The van der Waals surface area contributed by atoms with E-state index in [1.165, 1.54) is 16.9 Å². The van der Waals surface area contributed by atoms with Crippen LogP contribution in [0.1, 0.15) is 5.56 Å². The Bertz CT molecular complexity index is 843. The highest BCUT2D eigenvalue weighted by Crippen LogP contribution is 2.28. The van der Waals surface area contributed by atoms with E-state index in [0.29, 0.717) is 10.9 Å². The molecule has 0 aliphatic carbocycles. The van der Waals surface area contributed by atoms with Gasteiger partial charge in [-0.3, -0.25) is 10.1 Å². The van der Waals surface area contributed by atoms with Crippen LogP contribution in [-0.2, 0) is 10.5 Å². The summed E-state index contributed by atoms with van der Waals surface area (Å²) in [5.74, 6) is 1.17. The molecule has 1 aromatic heterocycles. The number of thioether (sulfide) groups is 1. The molecule has 0 atom stereocenters. The molecule has 2 aromatic carbocycles. The Morgan fingerprint density at radius 2 is 2.00 bits per heavy atom. The number of amides is 1. The minimum atomic E-state index is -0.268. The number of carbonyl (C=O) groups excluding carboxylic acids is 1. The van der Waals surface area contributed by atoms with Crippen LogP contribution in [0.25, 0.3) is 0 Å². The third-order valence-electron chi connectivity index (χ3n) is 3.02. The summed E-state index contributed by atoms with van der Waals surface area (Å²) in [7, 11) is 0. The van der Waals surface area contributed by atoms with Crippen LogP contribution >= 0.6 is 39.0 Å². The Labute approximate surface area is 162 Å². The van der Waals surface area contributed by atoms with Gasteiger partial charge in [0.05, 0.1) is 0 Å². The molecule has 128 valence electrons. The average Bonchev–Trinajstić information content (AvgIpc) is 3.06. The van der Waals surface area contributed by atoms with Crippen LogP contribution < -0.4 is 10.1 Å². The largest absolute Gasteiger partial charge is 0.484 e. The average molecular weight is 436 g/mol. The number of carbonyl (C=O) groups is 1. The molecule has 0 saturated heterocycles. The first kappa shape index (κ1) is 17.9. The maximum absolute atomic E-state index is 11.9. The van der Waals surface area contributed by atoms with Gasteiger partial charge in [-0.05, 0) is 23.8 Å². The molecule has 5 nitrogen and oxygen atoms in total. The highest BCUT2D eigenvalue weighted by molar-refractivity contribution is 9.10. The second-order valence-corrected chi connectivity index (χ2v) is 8.06. The second-order valence-electron chi connectivity index (χ2n) is 4.94. The zero-order chi connectivity index (χ0) is 17.5. The molecule has 0 saturated carbocycles. The van der Waals surface area contributed by atoms with Crippen molar-refractivity contribution in [1.29, 1.82) is 0 Å². The van der Waals surface area contributed by atoms with E-state index < -0.39 is 0 Å². The molecular weight excluding hydrogens is 422 g/mol. The number of aromatic nitrogens is 2. The number of hydrogen-bond acceptors (Lipinski definition) is 6. The van der Waals surface area contributed by atoms with Gasteiger partial charge in [-0.2, -0.15) is 0 Å². The predicted molar refractivity (Wildman–Crippen MR) is 104 cm³/mol. The fraction of sp³-hybridized carbons (Fsp3) is 0.118. The first-order valence-electron chi connectivity index (χ1n) is 7.37. The maximum atomic E-state index is 11.9. The van der Waals surface area contributed by atoms with Gasteiger partial charge in [0.1, 0.15) is 5.75 Å². The molecule has 1 N–H and O–H groups in total. The standard InChI is InChI=1S/C17H14BrN3O2S2/c18-13-7-4-8-14(9-13)23-10-15(22)19-16-20-21-17(25-16)24-11-12-5-2-1-3-6-12/h1-9H,10-11H2,(H,19,20,22). The number of anilines is 1. The summed E-state index contributed by atoms with van der Waals surface area (Å²) >= 11 is 6.30. The van der Waals surface area contributed by atoms with Crippen LogP contribution in [0.4, 0.5) is 5.13 Å². The topological polar surface area (TPSA) is 64.1 Å². The van der Waals surface area contributed by atoms with E-state index in [9.17, 15) is 4.79 Å². The molecular formula is C17H14BrN3O2S2. The molecule has 0 fully saturated rings. The summed E-state index contributed by atoms with van der Waals surface area (Å²) in [6.45, 7) is -0.0808. The van der Waals surface area contributed by atoms with Crippen molar-refractivity contribution in [1.82, 2.24) is 10.2 Å². The lowest BCUT2D eigenvalue weighted by Gasteiger charge is -2.05. The third-order valence-corrected chi connectivity index (χ3v) is 5.56. The highest BCUT2D eigenvalue weighted by Gasteiger charge is 2.09. The second kappa shape index (κ2) is 8.98. The number of nitrogens with zero attached hydrogens (tertiary/aromatic N) is 2. The van der Waals surface area contributed by atoms with E-state index in [0.717, 1.165) is 14.6 Å². The van der Waals surface area contributed by atoms with E-state index in [1.54, 1.807) is 23.9 Å². The molecule has 1 amide bonds. The molecule has 0 aliphatic heterocycles. The van der Waals surface area contributed by atoms with Gasteiger partial charge >= 0.3 is 0 Å². The minimum absolute atomic E-state index is 0.0808. The summed E-state index contributed by atoms with van der Waals surface area (Å²) in [6, 6.07) is 17.5. The number of rotatable bonds is 7. The van der Waals surface area contributed by atoms with Crippen molar-refractivity contribution >= 4 is 50.1 Å². The Morgan fingerprint density at radius 1 is 1.16 bits per heavy atom. The first-order valence-corrected chi connectivity index (χ1v) is 9.97. The summed E-state index contributed by atoms with van der Waals surface area (Å²) in [5.41, 5.74) is 1.22. The molecule has 3 rings (SSSR count). The lowest BCUT2D eigenvalue weighted by molar-refractivity contribution is -0.118. The van der Waals surface area contributed by atoms with Crippen molar-refractivity contribution in [3.05, 3.63) is 64.6 Å². The van der Waals surface area contributed by atoms with Gasteiger partial charge in [-0.1, -0.05) is 75.4 Å². The summed E-state index contributed by atoms with van der Waals surface area (Å²) in [5, 5.41) is 11.2. The van der Waals surface area contributed by atoms with Crippen LogP contribution in [0.3, 0.4) is 0 Å². The van der Waals surface area contributed by atoms with Gasteiger partial charge in [0.2, 0.25) is 5.13 Å². The van der Waals surface area contributed by atoms with Crippen molar-refractivity contribution in [3.63, 3.8) is 0 Å². The van der Waals surface area contributed by atoms with Crippen LogP contribution in [0.5, 0.6) is 5.75 Å². The van der Waals surface area contributed by atoms with Crippen molar-refractivity contribution < 1.29 is 9.53 Å². The van der Waals surface area contributed by atoms with E-state index >= 15 is 0 Å². The molecule has 3 aromatic rings. The minimum Gasteiger partial charge on any atom is -0.484 e. The normalized spacial score (nSPS) is 10.4. The van der Waals surface area contributed by atoms with Gasteiger partial charge in [0, 0.05) is 10.2 Å². The Morgan fingerprint density at radius 3 is 2.80 bits per heavy atom. The SMILES string of the molecule is O=C(COc1cccc(Br)c1)Nc1nnc(SCc2ccccc2)s1. The van der Waals surface area contributed by atoms with Crippen LogP contribution in [0.15, 0.2) is 63.4 Å². The van der Waals surface area contributed by atoms with E-state index in [4.69, 9.17) is 4.74 Å². The van der Waals surface area contributed by atoms with Crippen molar-refractivity contribution in [2.75, 3.05) is 11.9 Å². The lowest BCUT2D eigenvalue weighted by atomic mass is 10.2. The number of nitrogens with one attached hydrogen (secondary N) is 1. The van der Waals surface area contributed by atoms with Gasteiger partial charge in [-0.15, -0.1) is 10.2 Å². The van der Waals surface area contributed by atoms with Crippen molar-refractivity contribution in [3.8, 4) is 5.75 Å². The Kier molecular flexibility index (Phi) is 6.43. The molecule has 0 radical (unpaired) electrons. The number of hydrogen-bond donors (Lipinski definition) is 1. The van der Waals surface area contributed by atoms with E-state index in [-0.39, 0.29) is 12.5 Å². The zero-order valence-corrected chi connectivity index (χ0v) is 16.2. The molecule has 1 heterocycles. The molecule has 0 unspecified atom stereocenters. The zero-order valence-electron chi connectivity index (χ0n) is 13.0. The summed E-state index contributed by atoms with van der Waals surface area (Å²) in [4.78, 5) is 11.9. The lowest BCUT2D eigenvalue weighted by Crippen LogP contribution is -2.20. The van der Waals surface area contributed by atoms with Crippen molar-refractivity contribution in [2.24, 2.45) is 0 Å². The van der Waals surface area contributed by atoms with Gasteiger partial charge < -0.3 is 4.74 Å². The molecule has 0 bridgehead atoms. The highest BCUT2D eigenvalue weighted by atomic mass is 79.9. The number of halogens is 1. The van der Waals surface area contributed by atoms with Crippen LogP contribution in [0, 0.1) is 0 Å². The Hall–Kier alpha value is -1.90. The summed E-state index contributed by atoms with van der Waals surface area (Å²) < 4.78 is 7.15. The number of ether oxygens (including phenoxy) is 1. The van der Waals surface area contributed by atoms with E-state index in [2.05, 4.69) is 43.6 Å². The van der Waals surface area contributed by atoms with Crippen LogP contribution in [0.2, 0.25) is 0 Å². The van der Waals surface area contributed by atoms with Gasteiger partial charge in [0.25, 0.3) is 5.91 Å². The quantitative estimate of drug-likeness (QED) is 0.433. The monoisotopic (exact) mass is 435 g/mol. The predicted octanol–water partition coefficient (Wildman–Crippen LogP) is 4.61. The smallest absolute Gasteiger partial charge is 0.264 e. The molecule has 0 spiro atoms. The summed E-state index contributed by atoms with van der Waals surface area (Å²) in [6.07, 6.45) is 0.